The fraction of sp³-hybridized carbons (Fsp3) is 0.364. The van der Waals surface area contributed by atoms with Crippen LogP contribution in [0.1, 0.15) is 47.7 Å². The summed E-state index contributed by atoms with van der Waals surface area (Å²) < 4.78 is 5.52. The highest BCUT2D eigenvalue weighted by atomic mass is 16.5. The van der Waals surface area contributed by atoms with E-state index >= 15 is 0 Å². The van der Waals surface area contributed by atoms with Gasteiger partial charge in [-0.1, -0.05) is 38.0 Å². The van der Waals surface area contributed by atoms with Crippen molar-refractivity contribution < 1.29 is 14.3 Å². The van der Waals surface area contributed by atoms with E-state index in [-0.39, 0.29) is 18.4 Å². The number of nitrogens with one attached hydrogen (secondary N) is 1. The number of amides is 2. The molecule has 0 saturated carbocycles. The van der Waals surface area contributed by atoms with Crippen molar-refractivity contribution in [1.82, 2.24) is 5.32 Å². The van der Waals surface area contributed by atoms with E-state index in [1.54, 1.807) is 4.90 Å². The Morgan fingerprint density at radius 3 is 2.67 bits per heavy atom. The van der Waals surface area contributed by atoms with E-state index in [0.29, 0.717) is 18.7 Å². The maximum atomic E-state index is 12.4. The van der Waals surface area contributed by atoms with Gasteiger partial charge in [-0.3, -0.25) is 9.59 Å². The standard InChI is InChI=1S/C22H26N2O3/c1-3-4-5-12-23-22(26)18-9-7-17(8-10-18)14-24-19-13-16(2)6-11-20(19)27-15-21(24)25/h6-11,13H,3-5,12,14-15H2,1-2H3,(H,23,26). The first kappa shape index (κ1) is 19.0. The molecule has 0 radical (unpaired) electrons. The number of anilines is 1. The van der Waals surface area contributed by atoms with Gasteiger partial charge in [0.2, 0.25) is 0 Å². The first-order chi connectivity index (χ1) is 13.1. The van der Waals surface area contributed by atoms with Crippen molar-refractivity contribution in [3.05, 3.63) is 59.2 Å². The Bertz CT molecular complexity index is 815. The highest BCUT2D eigenvalue weighted by Crippen LogP contribution is 2.33. The highest BCUT2D eigenvalue weighted by molar-refractivity contribution is 5.98. The maximum Gasteiger partial charge on any atom is 0.265 e. The monoisotopic (exact) mass is 366 g/mol. The van der Waals surface area contributed by atoms with Crippen LogP contribution >= 0.6 is 0 Å². The summed E-state index contributed by atoms with van der Waals surface area (Å²) >= 11 is 0. The minimum atomic E-state index is -0.0640. The van der Waals surface area contributed by atoms with Crippen molar-refractivity contribution >= 4 is 17.5 Å². The molecule has 5 heteroatoms. The van der Waals surface area contributed by atoms with Gasteiger partial charge in [0.05, 0.1) is 12.2 Å². The lowest BCUT2D eigenvalue weighted by Gasteiger charge is -2.29. The summed E-state index contributed by atoms with van der Waals surface area (Å²) in [7, 11) is 0. The molecular formula is C22H26N2O3. The molecule has 0 bridgehead atoms. The van der Waals surface area contributed by atoms with E-state index in [9.17, 15) is 9.59 Å². The number of hydrogen-bond donors (Lipinski definition) is 1. The van der Waals surface area contributed by atoms with Gasteiger partial charge in [-0.05, 0) is 48.7 Å². The van der Waals surface area contributed by atoms with Crippen LogP contribution < -0.4 is 15.0 Å². The van der Waals surface area contributed by atoms with Crippen LogP contribution in [0, 0.1) is 6.92 Å². The molecule has 0 saturated heterocycles. The van der Waals surface area contributed by atoms with Crippen LogP contribution in [0.2, 0.25) is 0 Å². The molecule has 0 aliphatic carbocycles. The third-order valence-electron chi connectivity index (χ3n) is 4.68. The second-order valence-corrected chi connectivity index (χ2v) is 6.90. The van der Waals surface area contributed by atoms with Gasteiger partial charge in [0, 0.05) is 12.1 Å². The fourth-order valence-corrected chi connectivity index (χ4v) is 3.11. The van der Waals surface area contributed by atoms with Crippen LogP contribution in [0.4, 0.5) is 5.69 Å². The van der Waals surface area contributed by atoms with E-state index < -0.39 is 0 Å². The molecule has 0 unspecified atom stereocenters. The van der Waals surface area contributed by atoms with Gasteiger partial charge in [-0.15, -0.1) is 0 Å². The molecule has 142 valence electrons. The number of rotatable bonds is 7. The zero-order valence-corrected chi connectivity index (χ0v) is 16.0. The molecular weight excluding hydrogens is 340 g/mol. The summed E-state index contributed by atoms with van der Waals surface area (Å²) in [6, 6.07) is 13.3. The molecule has 2 aromatic carbocycles. The Labute approximate surface area is 160 Å². The molecule has 2 amide bonds. The summed E-state index contributed by atoms with van der Waals surface area (Å²) in [6.07, 6.45) is 3.25. The third-order valence-corrected chi connectivity index (χ3v) is 4.68. The Kier molecular flexibility index (Phi) is 6.12. The smallest absolute Gasteiger partial charge is 0.265 e. The van der Waals surface area contributed by atoms with Gasteiger partial charge in [0.25, 0.3) is 11.8 Å². The number of ether oxygens (including phenoxy) is 1. The fourth-order valence-electron chi connectivity index (χ4n) is 3.11. The Balaban J connectivity index is 1.67. The Hall–Kier alpha value is -2.82. The number of hydrogen-bond acceptors (Lipinski definition) is 3. The molecule has 3 rings (SSSR count). The average Bonchev–Trinajstić information content (AvgIpc) is 2.68. The van der Waals surface area contributed by atoms with Crippen molar-refractivity contribution in [3.63, 3.8) is 0 Å². The molecule has 1 aliphatic heterocycles. The van der Waals surface area contributed by atoms with Crippen LogP contribution in [0.5, 0.6) is 5.75 Å². The minimum Gasteiger partial charge on any atom is -0.482 e. The number of carbonyl (C=O) groups is 2. The number of carbonyl (C=O) groups excluding carboxylic acids is 2. The number of aryl methyl sites for hydroxylation is 1. The Morgan fingerprint density at radius 1 is 1.15 bits per heavy atom. The predicted molar refractivity (Wildman–Crippen MR) is 106 cm³/mol. The second-order valence-electron chi connectivity index (χ2n) is 6.90. The van der Waals surface area contributed by atoms with Gasteiger partial charge < -0.3 is 15.0 Å². The van der Waals surface area contributed by atoms with Crippen LogP contribution in [-0.4, -0.2) is 25.0 Å². The van der Waals surface area contributed by atoms with Crippen molar-refractivity contribution in [1.29, 1.82) is 0 Å². The van der Waals surface area contributed by atoms with E-state index in [4.69, 9.17) is 4.74 Å². The van der Waals surface area contributed by atoms with E-state index in [1.807, 2.05) is 49.4 Å². The lowest BCUT2D eigenvalue weighted by Crippen LogP contribution is -2.38. The van der Waals surface area contributed by atoms with Crippen LogP contribution in [0.15, 0.2) is 42.5 Å². The van der Waals surface area contributed by atoms with Gasteiger partial charge in [-0.2, -0.15) is 0 Å². The summed E-state index contributed by atoms with van der Waals surface area (Å²) in [5.41, 5.74) is 3.48. The summed E-state index contributed by atoms with van der Waals surface area (Å²) in [5.74, 6) is 0.607. The highest BCUT2D eigenvalue weighted by Gasteiger charge is 2.25. The first-order valence-electron chi connectivity index (χ1n) is 9.49. The lowest BCUT2D eigenvalue weighted by atomic mass is 10.1. The molecule has 1 aliphatic rings. The topological polar surface area (TPSA) is 58.6 Å². The van der Waals surface area contributed by atoms with Gasteiger partial charge >= 0.3 is 0 Å². The SMILES string of the molecule is CCCCCNC(=O)c1ccc(CN2C(=O)COc3ccc(C)cc32)cc1. The predicted octanol–water partition coefficient (Wildman–Crippen LogP) is 3.84. The number of fused-ring (bicyclic) bond motifs is 1. The summed E-state index contributed by atoms with van der Waals surface area (Å²) in [4.78, 5) is 26.3. The van der Waals surface area contributed by atoms with E-state index in [1.165, 1.54) is 0 Å². The molecule has 27 heavy (non-hydrogen) atoms. The molecule has 0 atom stereocenters. The van der Waals surface area contributed by atoms with Gasteiger partial charge in [0.1, 0.15) is 5.75 Å². The zero-order chi connectivity index (χ0) is 19.2. The van der Waals surface area contributed by atoms with Gasteiger partial charge in [-0.25, -0.2) is 0 Å². The molecule has 1 heterocycles. The van der Waals surface area contributed by atoms with Crippen molar-refractivity contribution in [2.75, 3.05) is 18.1 Å². The molecule has 1 N–H and O–H groups in total. The molecule has 0 aromatic heterocycles. The quantitative estimate of drug-likeness (QED) is 0.758. The number of nitrogens with zero attached hydrogens (tertiary/aromatic N) is 1. The maximum absolute atomic E-state index is 12.4. The lowest BCUT2D eigenvalue weighted by molar-refractivity contribution is -0.121. The third kappa shape index (κ3) is 4.67. The molecule has 5 nitrogen and oxygen atoms in total. The summed E-state index contributed by atoms with van der Waals surface area (Å²) in [5, 5.41) is 2.94. The first-order valence-corrected chi connectivity index (χ1v) is 9.49. The number of unbranched alkanes of at least 4 members (excludes halogenated alkanes) is 2. The number of benzene rings is 2. The van der Waals surface area contributed by atoms with Crippen molar-refractivity contribution in [2.45, 2.75) is 39.7 Å². The largest absolute Gasteiger partial charge is 0.482 e. The van der Waals surface area contributed by atoms with Gasteiger partial charge in [0.15, 0.2) is 6.61 Å². The van der Waals surface area contributed by atoms with Crippen LogP contribution in [0.3, 0.4) is 0 Å². The Morgan fingerprint density at radius 2 is 1.93 bits per heavy atom. The van der Waals surface area contributed by atoms with E-state index in [2.05, 4.69) is 12.2 Å². The minimum absolute atomic E-state index is 0.0499. The molecule has 2 aromatic rings. The van der Waals surface area contributed by atoms with Crippen molar-refractivity contribution in [3.8, 4) is 5.75 Å². The second kappa shape index (κ2) is 8.71. The molecule has 0 spiro atoms. The van der Waals surface area contributed by atoms with Crippen molar-refractivity contribution in [2.24, 2.45) is 0 Å². The zero-order valence-electron chi connectivity index (χ0n) is 16.0. The summed E-state index contributed by atoms with van der Waals surface area (Å²) in [6.45, 7) is 5.34. The normalized spacial score (nSPS) is 13.1. The van der Waals surface area contributed by atoms with Crippen LogP contribution in [0.25, 0.3) is 0 Å². The average molecular weight is 366 g/mol. The molecule has 0 fully saturated rings. The van der Waals surface area contributed by atoms with Crippen LogP contribution in [-0.2, 0) is 11.3 Å². The van der Waals surface area contributed by atoms with E-state index in [0.717, 1.165) is 41.8 Å².